The van der Waals surface area contributed by atoms with E-state index < -0.39 is 0 Å². The zero-order chi connectivity index (χ0) is 19.3. The van der Waals surface area contributed by atoms with Crippen molar-refractivity contribution in [1.82, 2.24) is 6.15 Å². The molecular weight excluding hydrogens is 399 g/mol. The third kappa shape index (κ3) is 36.2. The van der Waals surface area contributed by atoms with Gasteiger partial charge in [-0.05, 0) is 12.8 Å². The molecule has 4 heteroatoms. The van der Waals surface area contributed by atoms with Crippen molar-refractivity contribution in [3.05, 3.63) is 0 Å². The maximum atomic E-state index is 2.30. The number of nitrogens with zero attached hydrogens (tertiary/aromatic N) is 1. The summed E-state index contributed by atoms with van der Waals surface area (Å²) in [6.45, 7) is 3.63. The summed E-state index contributed by atoms with van der Waals surface area (Å²) in [4.78, 5) is 0. The highest BCUT2D eigenvalue weighted by atomic mass is 35.5. The van der Waals surface area contributed by atoms with E-state index in [2.05, 4.69) is 28.1 Å². The Morgan fingerprint density at radius 3 is 0.793 bits per heavy atom. The summed E-state index contributed by atoms with van der Waals surface area (Å²) in [7, 11) is 6.90. The number of unbranched alkanes of at least 4 members (excludes halogenated alkanes) is 19. The lowest BCUT2D eigenvalue weighted by Crippen LogP contribution is -3.00. The third-order valence-corrected chi connectivity index (χ3v) is 5.68. The number of hydrogen-bond acceptors (Lipinski definition) is 0. The first kappa shape index (κ1) is 36.8. The molecule has 0 spiro atoms. The summed E-state index contributed by atoms with van der Waals surface area (Å²) in [5, 5.41) is 0. The molecule has 4 N–H and O–H groups in total. The molecule has 0 aromatic heterocycles. The van der Waals surface area contributed by atoms with Crippen molar-refractivity contribution in [3.63, 3.8) is 0 Å². The fourth-order valence-corrected chi connectivity index (χ4v) is 3.84. The van der Waals surface area contributed by atoms with Crippen LogP contribution in [0.25, 0.3) is 0 Å². The standard InChI is InChI=1S/C25H54N.2ClH.H3N/c1-5-6-7-8-9-10-11-12-13-14-15-16-17-18-19-20-21-22-23-24-25-26(2,3)4;;;/h5-25H2,1-4H3;2*1H;1H3/q+1;;;/p-1. The van der Waals surface area contributed by atoms with Crippen LogP contribution in [0.2, 0.25) is 0 Å². The average molecular weight is 458 g/mol. The smallest absolute Gasteiger partial charge is 0.0780 e. The molecule has 0 aromatic rings. The van der Waals surface area contributed by atoms with E-state index in [1.807, 2.05) is 0 Å². The van der Waals surface area contributed by atoms with Crippen molar-refractivity contribution >= 4 is 0 Å². The highest BCUT2D eigenvalue weighted by molar-refractivity contribution is 4.50. The maximum absolute atomic E-state index is 2.30. The Morgan fingerprint density at radius 1 is 0.379 bits per heavy atom. The van der Waals surface area contributed by atoms with Gasteiger partial charge in [0.1, 0.15) is 0 Å². The van der Waals surface area contributed by atoms with Crippen molar-refractivity contribution in [1.29, 1.82) is 0 Å². The molecule has 0 rings (SSSR count). The quantitative estimate of drug-likeness (QED) is 0.203. The highest BCUT2D eigenvalue weighted by Gasteiger charge is 2.04. The van der Waals surface area contributed by atoms with Gasteiger partial charge >= 0.3 is 0 Å². The van der Waals surface area contributed by atoms with Crippen molar-refractivity contribution in [2.45, 2.75) is 135 Å². The van der Waals surface area contributed by atoms with Crippen LogP contribution in [0.1, 0.15) is 135 Å². The minimum absolute atomic E-state index is 0. The molecule has 0 atom stereocenters. The Kier molecular flexibility index (Phi) is 36.2. The molecular formula is C25H58Cl2N2. The molecule has 0 saturated carbocycles. The van der Waals surface area contributed by atoms with Crippen LogP contribution in [0.5, 0.6) is 0 Å². The minimum Gasteiger partial charge on any atom is -1.00 e. The molecule has 0 aromatic carbocycles. The number of quaternary nitrogens is 2. The van der Waals surface area contributed by atoms with E-state index in [0.29, 0.717) is 0 Å². The van der Waals surface area contributed by atoms with Crippen molar-refractivity contribution in [2.24, 2.45) is 0 Å². The summed E-state index contributed by atoms with van der Waals surface area (Å²) < 4.78 is 1.12. The minimum atomic E-state index is 0. The molecule has 182 valence electrons. The maximum Gasteiger partial charge on any atom is 0.0780 e. The van der Waals surface area contributed by atoms with E-state index in [4.69, 9.17) is 0 Å². The topological polar surface area (TPSA) is 36.5 Å². The molecule has 0 aliphatic carbocycles. The van der Waals surface area contributed by atoms with Gasteiger partial charge in [-0.3, -0.25) is 0 Å². The third-order valence-electron chi connectivity index (χ3n) is 5.68. The van der Waals surface area contributed by atoms with E-state index in [1.165, 1.54) is 135 Å². The molecule has 29 heavy (non-hydrogen) atoms. The summed E-state index contributed by atoms with van der Waals surface area (Å²) >= 11 is 0. The second-order valence-corrected chi connectivity index (χ2v) is 9.73. The van der Waals surface area contributed by atoms with Crippen molar-refractivity contribution in [3.8, 4) is 0 Å². The van der Waals surface area contributed by atoms with Crippen LogP contribution >= 0.6 is 0 Å². The molecule has 0 bridgehead atoms. The summed E-state index contributed by atoms with van der Waals surface area (Å²) in [6.07, 6.45) is 29.3. The fraction of sp³-hybridized carbons (Fsp3) is 1.00. The summed E-state index contributed by atoms with van der Waals surface area (Å²) in [6, 6.07) is 0. The first-order valence-electron chi connectivity index (χ1n) is 12.4. The first-order chi connectivity index (χ1) is 12.6. The molecule has 0 aliphatic heterocycles. The number of rotatable bonds is 21. The van der Waals surface area contributed by atoms with Crippen molar-refractivity contribution in [2.75, 3.05) is 27.7 Å². The molecule has 0 heterocycles. The first-order valence-corrected chi connectivity index (χ1v) is 12.4. The summed E-state index contributed by atoms with van der Waals surface area (Å²) in [5.74, 6) is 0. The van der Waals surface area contributed by atoms with Crippen LogP contribution in [-0.2, 0) is 0 Å². The van der Waals surface area contributed by atoms with Crippen LogP contribution in [-0.4, -0.2) is 32.2 Å². The van der Waals surface area contributed by atoms with Gasteiger partial charge in [0.2, 0.25) is 0 Å². The molecule has 0 radical (unpaired) electrons. The lowest BCUT2D eigenvalue weighted by atomic mass is 10.0. The van der Waals surface area contributed by atoms with Gasteiger partial charge < -0.3 is 35.4 Å². The monoisotopic (exact) mass is 456 g/mol. The van der Waals surface area contributed by atoms with Gasteiger partial charge in [0.15, 0.2) is 0 Å². The Balaban J connectivity index is -0.00000104. The van der Waals surface area contributed by atoms with Crippen LogP contribution in [0, 0.1) is 0 Å². The fourth-order valence-electron chi connectivity index (χ4n) is 3.84. The predicted molar refractivity (Wildman–Crippen MR) is 127 cm³/mol. The molecule has 2 nitrogen and oxygen atoms in total. The average Bonchev–Trinajstić information content (AvgIpc) is 2.59. The highest BCUT2D eigenvalue weighted by Crippen LogP contribution is 2.14. The van der Waals surface area contributed by atoms with Gasteiger partial charge in [-0.15, -0.1) is 0 Å². The molecule has 0 saturated heterocycles. The Bertz CT molecular complexity index is 268. The number of hydrogen-bond donors (Lipinski definition) is 1. The van der Waals surface area contributed by atoms with Gasteiger partial charge in [0.05, 0.1) is 27.7 Å². The second-order valence-electron chi connectivity index (χ2n) is 9.73. The Morgan fingerprint density at radius 2 is 0.586 bits per heavy atom. The van der Waals surface area contributed by atoms with Gasteiger partial charge in [0.25, 0.3) is 0 Å². The normalized spacial score (nSPS) is 10.8. The van der Waals surface area contributed by atoms with Gasteiger partial charge in [0, 0.05) is 0 Å². The second kappa shape index (κ2) is 28.5. The molecule has 0 unspecified atom stereocenters. The van der Waals surface area contributed by atoms with E-state index >= 15 is 0 Å². The summed E-state index contributed by atoms with van der Waals surface area (Å²) in [5.41, 5.74) is 0. The SMILES string of the molecule is CCCCCCCCCCCCCCCCCCCCCC[N+](C)(C)C.[Cl-].[Cl-].[NH4+]. The van der Waals surface area contributed by atoms with Crippen LogP contribution < -0.4 is 31.0 Å². The Labute approximate surface area is 198 Å². The number of halogens is 2. The van der Waals surface area contributed by atoms with Gasteiger partial charge in [-0.25, -0.2) is 0 Å². The van der Waals surface area contributed by atoms with E-state index in [-0.39, 0.29) is 31.0 Å². The molecule has 0 aliphatic rings. The van der Waals surface area contributed by atoms with Gasteiger partial charge in [-0.1, -0.05) is 122 Å². The Hall–Kier alpha value is 0.500. The van der Waals surface area contributed by atoms with Crippen LogP contribution in [0.3, 0.4) is 0 Å². The van der Waals surface area contributed by atoms with Crippen LogP contribution in [0.15, 0.2) is 0 Å². The van der Waals surface area contributed by atoms with E-state index in [9.17, 15) is 0 Å². The lowest BCUT2D eigenvalue weighted by Gasteiger charge is -2.23. The predicted octanol–water partition coefficient (Wildman–Crippen LogP) is 2.90. The molecule has 0 fully saturated rings. The van der Waals surface area contributed by atoms with E-state index in [1.54, 1.807) is 0 Å². The largest absolute Gasteiger partial charge is 1.00 e. The van der Waals surface area contributed by atoms with E-state index in [0.717, 1.165) is 4.48 Å². The van der Waals surface area contributed by atoms with Crippen molar-refractivity contribution < 1.29 is 29.3 Å². The van der Waals surface area contributed by atoms with Gasteiger partial charge in [-0.2, -0.15) is 0 Å². The molecule has 0 amide bonds. The lowest BCUT2D eigenvalue weighted by molar-refractivity contribution is -0.870. The zero-order valence-electron chi connectivity index (χ0n) is 21.1. The van der Waals surface area contributed by atoms with Crippen LogP contribution in [0.4, 0.5) is 0 Å². The zero-order valence-corrected chi connectivity index (χ0v) is 22.6.